The van der Waals surface area contributed by atoms with Gasteiger partial charge in [-0.05, 0) is 49.8 Å². The lowest BCUT2D eigenvalue weighted by Crippen LogP contribution is -2.40. The molecule has 2 amide bonds. The molecule has 24 heavy (non-hydrogen) atoms. The molecule has 1 saturated heterocycles. The Bertz CT molecular complexity index is 535. The maximum absolute atomic E-state index is 12.4. The van der Waals surface area contributed by atoms with Gasteiger partial charge in [-0.1, -0.05) is 19.4 Å². The average molecular weight is 330 g/mol. The summed E-state index contributed by atoms with van der Waals surface area (Å²) < 4.78 is 0. The number of rotatable bonds is 7. The maximum atomic E-state index is 12.4. The van der Waals surface area contributed by atoms with Gasteiger partial charge in [-0.2, -0.15) is 0 Å². The van der Waals surface area contributed by atoms with Crippen LogP contribution in [-0.4, -0.2) is 53.5 Å². The van der Waals surface area contributed by atoms with E-state index in [0.717, 1.165) is 38.5 Å². The Balaban J connectivity index is 1.38. The lowest BCUT2D eigenvalue weighted by atomic mass is 10.1. The Morgan fingerprint density at radius 3 is 3.12 bits per heavy atom. The molecule has 2 heterocycles. The smallest absolute Gasteiger partial charge is 0.317 e. The first-order valence-electron chi connectivity index (χ1n) is 9.28. The third-order valence-corrected chi connectivity index (χ3v) is 5.21. The molecule has 1 aliphatic heterocycles. The van der Waals surface area contributed by atoms with E-state index in [1.165, 1.54) is 24.8 Å². The van der Waals surface area contributed by atoms with Crippen molar-refractivity contribution in [1.29, 1.82) is 0 Å². The Kier molecular flexibility index (Phi) is 5.72. The third-order valence-electron chi connectivity index (χ3n) is 5.21. The summed E-state index contributed by atoms with van der Waals surface area (Å²) in [6, 6.07) is 4.68. The highest BCUT2D eigenvalue weighted by Gasteiger charge is 2.38. The van der Waals surface area contributed by atoms with E-state index in [1.807, 2.05) is 23.4 Å². The van der Waals surface area contributed by atoms with Crippen molar-refractivity contribution in [1.82, 2.24) is 20.1 Å². The van der Waals surface area contributed by atoms with Crippen LogP contribution in [0.1, 0.15) is 38.2 Å². The first-order valence-corrected chi connectivity index (χ1v) is 9.28. The summed E-state index contributed by atoms with van der Waals surface area (Å²) >= 11 is 0. The van der Waals surface area contributed by atoms with E-state index < -0.39 is 0 Å². The van der Waals surface area contributed by atoms with E-state index in [1.54, 1.807) is 0 Å². The number of hydrogen-bond acceptors (Lipinski definition) is 3. The number of urea groups is 1. The number of carbonyl (C=O) groups excluding carboxylic acids is 1. The van der Waals surface area contributed by atoms with Gasteiger partial charge in [0.15, 0.2) is 0 Å². The number of nitrogens with zero attached hydrogens (tertiary/aromatic N) is 3. The second kappa shape index (κ2) is 7.97. The monoisotopic (exact) mass is 330 g/mol. The van der Waals surface area contributed by atoms with Crippen molar-refractivity contribution in [3.63, 3.8) is 0 Å². The molecular weight excluding hydrogens is 300 g/mol. The minimum Gasteiger partial charge on any atom is -0.335 e. The van der Waals surface area contributed by atoms with Gasteiger partial charge in [0, 0.05) is 44.6 Å². The van der Waals surface area contributed by atoms with Crippen LogP contribution in [-0.2, 0) is 6.54 Å². The van der Waals surface area contributed by atoms with E-state index in [-0.39, 0.29) is 6.03 Å². The predicted molar refractivity (Wildman–Crippen MR) is 95.6 cm³/mol. The van der Waals surface area contributed by atoms with Crippen LogP contribution in [0.2, 0.25) is 0 Å². The molecule has 5 nitrogen and oxygen atoms in total. The summed E-state index contributed by atoms with van der Waals surface area (Å²) in [7, 11) is 2.15. The zero-order valence-corrected chi connectivity index (χ0v) is 14.9. The second-order valence-corrected chi connectivity index (χ2v) is 7.50. The summed E-state index contributed by atoms with van der Waals surface area (Å²) in [5.74, 6) is 1.30. The highest BCUT2D eigenvalue weighted by atomic mass is 16.2. The minimum absolute atomic E-state index is 0.149. The van der Waals surface area contributed by atoms with Crippen molar-refractivity contribution >= 4 is 6.03 Å². The fourth-order valence-electron chi connectivity index (χ4n) is 3.84. The topological polar surface area (TPSA) is 48.5 Å². The summed E-state index contributed by atoms with van der Waals surface area (Å²) in [6.45, 7) is 5.93. The van der Waals surface area contributed by atoms with Gasteiger partial charge in [0.1, 0.15) is 0 Å². The van der Waals surface area contributed by atoms with Crippen LogP contribution >= 0.6 is 0 Å². The molecule has 0 bridgehead atoms. The zero-order valence-electron chi connectivity index (χ0n) is 14.9. The van der Waals surface area contributed by atoms with E-state index in [9.17, 15) is 4.79 Å². The number of amides is 2. The van der Waals surface area contributed by atoms with Gasteiger partial charge in [-0.25, -0.2) is 4.79 Å². The largest absolute Gasteiger partial charge is 0.335 e. The predicted octanol–water partition coefficient (Wildman–Crippen LogP) is 2.73. The van der Waals surface area contributed by atoms with E-state index in [4.69, 9.17) is 0 Å². The highest BCUT2D eigenvalue weighted by molar-refractivity contribution is 5.75. The molecule has 2 fully saturated rings. The molecule has 0 unspecified atom stereocenters. The maximum Gasteiger partial charge on any atom is 0.317 e. The summed E-state index contributed by atoms with van der Waals surface area (Å²) in [6.07, 6.45) is 8.46. The lowest BCUT2D eigenvalue weighted by molar-refractivity contribution is 0.202. The quantitative estimate of drug-likeness (QED) is 0.836. The number of pyridine rings is 1. The van der Waals surface area contributed by atoms with Crippen LogP contribution in [0, 0.1) is 11.8 Å². The molecule has 2 aliphatic rings. The van der Waals surface area contributed by atoms with Crippen molar-refractivity contribution in [3.8, 4) is 0 Å². The number of likely N-dealkylation sites (tertiary alicyclic amines) is 1. The van der Waals surface area contributed by atoms with Gasteiger partial charge in [0.25, 0.3) is 0 Å². The number of carbonyl (C=O) groups is 1. The molecule has 1 aromatic heterocycles. The molecule has 0 aromatic carbocycles. The molecule has 0 spiro atoms. The van der Waals surface area contributed by atoms with Gasteiger partial charge in [-0.15, -0.1) is 0 Å². The van der Waals surface area contributed by atoms with Crippen LogP contribution < -0.4 is 5.32 Å². The molecule has 0 radical (unpaired) electrons. The molecule has 1 aromatic rings. The third kappa shape index (κ3) is 4.69. The zero-order chi connectivity index (χ0) is 16.9. The van der Waals surface area contributed by atoms with Crippen LogP contribution in [0.3, 0.4) is 0 Å². The first kappa shape index (κ1) is 17.2. The standard InChI is InChI=1S/C19H30N4O/c1-3-5-17-10-18(17)21-19(24)23-9-7-16(14-23)13-22(2)12-15-6-4-8-20-11-15/h4,6,8,11,16-18H,3,5,7,9-10,12-14H2,1-2H3,(H,21,24)/t16-,17-,18+/m1/s1. The fourth-order valence-corrected chi connectivity index (χ4v) is 3.84. The Morgan fingerprint density at radius 1 is 1.50 bits per heavy atom. The van der Waals surface area contributed by atoms with Crippen LogP contribution in [0.4, 0.5) is 4.79 Å². The molecule has 3 atom stereocenters. The highest BCUT2D eigenvalue weighted by Crippen LogP contribution is 2.34. The number of aromatic nitrogens is 1. The minimum atomic E-state index is 0.149. The molecule has 1 aliphatic carbocycles. The van der Waals surface area contributed by atoms with E-state index in [0.29, 0.717) is 12.0 Å². The van der Waals surface area contributed by atoms with E-state index >= 15 is 0 Å². The Morgan fingerprint density at radius 2 is 2.38 bits per heavy atom. The molecular formula is C19H30N4O. The van der Waals surface area contributed by atoms with Gasteiger partial charge >= 0.3 is 6.03 Å². The van der Waals surface area contributed by atoms with Gasteiger partial charge in [0.2, 0.25) is 0 Å². The number of hydrogen-bond donors (Lipinski definition) is 1. The molecule has 1 saturated carbocycles. The van der Waals surface area contributed by atoms with Crippen molar-refractivity contribution < 1.29 is 4.79 Å². The second-order valence-electron chi connectivity index (χ2n) is 7.50. The molecule has 3 rings (SSSR count). The SMILES string of the molecule is CCC[C@@H]1C[C@@H]1NC(=O)N1CC[C@H](CN(C)Cc2cccnc2)C1. The normalized spacial score (nSPS) is 26.0. The fraction of sp³-hybridized carbons (Fsp3) is 0.684. The number of nitrogens with one attached hydrogen (secondary N) is 1. The average Bonchev–Trinajstić information content (AvgIpc) is 3.11. The summed E-state index contributed by atoms with van der Waals surface area (Å²) in [5.41, 5.74) is 1.24. The van der Waals surface area contributed by atoms with Crippen LogP contribution in [0.5, 0.6) is 0 Å². The first-order chi connectivity index (χ1) is 11.7. The summed E-state index contributed by atoms with van der Waals surface area (Å²) in [5, 5.41) is 3.21. The lowest BCUT2D eigenvalue weighted by Gasteiger charge is -2.22. The van der Waals surface area contributed by atoms with Gasteiger partial charge in [0.05, 0.1) is 0 Å². The van der Waals surface area contributed by atoms with Crippen molar-refractivity contribution in [2.75, 3.05) is 26.7 Å². The molecule has 5 heteroatoms. The van der Waals surface area contributed by atoms with Crippen molar-refractivity contribution in [2.24, 2.45) is 11.8 Å². The Hall–Kier alpha value is -1.62. The van der Waals surface area contributed by atoms with E-state index in [2.05, 4.69) is 35.2 Å². The summed E-state index contributed by atoms with van der Waals surface area (Å²) in [4.78, 5) is 20.9. The molecule has 132 valence electrons. The van der Waals surface area contributed by atoms with Crippen LogP contribution in [0.25, 0.3) is 0 Å². The van der Waals surface area contributed by atoms with Crippen molar-refractivity contribution in [3.05, 3.63) is 30.1 Å². The Labute approximate surface area is 145 Å². The molecule has 1 N–H and O–H groups in total. The van der Waals surface area contributed by atoms with Crippen LogP contribution in [0.15, 0.2) is 24.5 Å². The van der Waals surface area contributed by atoms with Gasteiger partial charge < -0.3 is 15.1 Å². The van der Waals surface area contributed by atoms with Gasteiger partial charge in [-0.3, -0.25) is 4.98 Å². The van der Waals surface area contributed by atoms with Crippen molar-refractivity contribution in [2.45, 2.75) is 45.2 Å².